The van der Waals surface area contributed by atoms with Gasteiger partial charge in [0.15, 0.2) is 6.10 Å². The quantitative estimate of drug-likeness (QED) is 0.448. The van der Waals surface area contributed by atoms with Crippen LogP contribution in [0.1, 0.15) is 26.7 Å². The van der Waals surface area contributed by atoms with E-state index in [0.717, 1.165) is 6.54 Å². The largest absolute Gasteiger partial charge is 0.462 e. The maximum Gasteiger partial charge on any atom is 0.305 e. The summed E-state index contributed by atoms with van der Waals surface area (Å²) in [6, 6.07) is 0. The van der Waals surface area contributed by atoms with E-state index in [1.165, 1.54) is 13.8 Å². The lowest BCUT2D eigenvalue weighted by Crippen LogP contribution is -2.29. The van der Waals surface area contributed by atoms with Crippen molar-refractivity contribution in [2.75, 3.05) is 33.9 Å². The fourth-order valence-corrected chi connectivity index (χ4v) is 1.36. The van der Waals surface area contributed by atoms with Crippen molar-refractivity contribution in [3.8, 4) is 0 Å². The minimum Gasteiger partial charge on any atom is -0.462 e. The molecule has 0 aromatic rings. The molecule has 20 heavy (non-hydrogen) atoms. The molecule has 0 amide bonds. The fourth-order valence-electron chi connectivity index (χ4n) is 1.36. The van der Waals surface area contributed by atoms with Crippen LogP contribution in [0.5, 0.6) is 0 Å². The average molecular weight is 289 g/mol. The van der Waals surface area contributed by atoms with Crippen molar-refractivity contribution in [1.82, 2.24) is 4.90 Å². The molecule has 0 saturated heterocycles. The van der Waals surface area contributed by atoms with Crippen molar-refractivity contribution in [2.24, 2.45) is 0 Å². The van der Waals surface area contributed by atoms with Crippen LogP contribution in [0.15, 0.2) is 0 Å². The molecular weight excluding hydrogens is 266 g/mol. The molecule has 0 aromatic heterocycles. The van der Waals surface area contributed by atoms with Crippen molar-refractivity contribution in [3.05, 3.63) is 0 Å². The second-order valence-electron chi connectivity index (χ2n) is 4.62. The van der Waals surface area contributed by atoms with Crippen LogP contribution in [0.4, 0.5) is 0 Å². The lowest BCUT2D eigenvalue weighted by molar-refractivity contribution is -0.164. The predicted molar refractivity (Wildman–Crippen MR) is 70.9 cm³/mol. The van der Waals surface area contributed by atoms with Gasteiger partial charge in [-0.25, -0.2) is 0 Å². The Hall–Kier alpha value is -1.63. The first-order chi connectivity index (χ1) is 9.31. The van der Waals surface area contributed by atoms with Crippen LogP contribution in [0.3, 0.4) is 0 Å². The van der Waals surface area contributed by atoms with E-state index < -0.39 is 18.0 Å². The number of nitrogens with zero attached hydrogens (tertiary/aromatic N) is 1. The topological polar surface area (TPSA) is 82.1 Å². The van der Waals surface area contributed by atoms with E-state index in [9.17, 15) is 14.4 Å². The normalized spacial score (nSPS) is 11.8. The van der Waals surface area contributed by atoms with Gasteiger partial charge in [0, 0.05) is 20.3 Å². The van der Waals surface area contributed by atoms with E-state index in [1.807, 2.05) is 19.0 Å². The predicted octanol–water partition coefficient (Wildman–Crippen LogP) is 0.366. The molecule has 0 aliphatic rings. The van der Waals surface area contributed by atoms with Crippen LogP contribution in [0, 0.1) is 0 Å². The molecule has 0 spiro atoms. The minimum atomic E-state index is -0.769. The zero-order valence-electron chi connectivity index (χ0n) is 12.5. The first-order valence-electron chi connectivity index (χ1n) is 6.42. The van der Waals surface area contributed by atoms with Gasteiger partial charge in [-0.05, 0) is 27.1 Å². The van der Waals surface area contributed by atoms with Gasteiger partial charge < -0.3 is 19.1 Å². The van der Waals surface area contributed by atoms with Gasteiger partial charge in [-0.3, -0.25) is 14.4 Å². The Balaban J connectivity index is 4.00. The van der Waals surface area contributed by atoms with Gasteiger partial charge >= 0.3 is 17.9 Å². The van der Waals surface area contributed by atoms with Crippen LogP contribution in [-0.2, 0) is 28.6 Å². The van der Waals surface area contributed by atoms with Crippen molar-refractivity contribution >= 4 is 17.9 Å². The maximum atomic E-state index is 11.5. The third-order valence-corrected chi connectivity index (χ3v) is 2.22. The zero-order valence-corrected chi connectivity index (χ0v) is 12.5. The molecule has 0 radical (unpaired) electrons. The second kappa shape index (κ2) is 10.2. The monoisotopic (exact) mass is 289 g/mol. The Labute approximate surface area is 119 Å². The van der Waals surface area contributed by atoms with Gasteiger partial charge in [-0.2, -0.15) is 0 Å². The molecule has 7 nitrogen and oxygen atoms in total. The smallest absolute Gasteiger partial charge is 0.305 e. The van der Waals surface area contributed by atoms with Gasteiger partial charge in [0.25, 0.3) is 0 Å². The number of hydrogen-bond donors (Lipinski definition) is 0. The third kappa shape index (κ3) is 11.5. The minimum absolute atomic E-state index is 0.117. The first kappa shape index (κ1) is 18.4. The summed E-state index contributed by atoms with van der Waals surface area (Å²) >= 11 is 0. The first-order valence-corrected chi connectivity index (χ1v) is 6.42. The van der Waals surface area contributed by atoms with Gasteiger partial charge in [0.1, 0.15) is 13.2 Å². The summed E-state index contributed by atoms with van der Waals surface area (Å²) in [4.78, 5) is 35.0. The lowest BCUT2D eigenvalue weighted by Gasteiger charge is -2.16. The zero-order chi connectivity index (χ0) is 15.5. The Bertz CT molecular complexity index is 329. The van der Waals surface area contributed by atoms with Gasteiger partial charge in [0.05, 0.1) is 0 Å². The molecule has 0 saturated carbocycles. The highest BCUT2D eigenvalue weighted by Crippen LogP contribution is 2.00. The molecule has 7 heteroatoms. The van der Waals surface area contributed by atoms with E-state index in [-0.39, 0.29) is 19.2 Å². The number of ether oxygens (including phenoxy) is 3. The molecule has 0 N–H and O–H groups in total. The second-order valence-corrected chi connectivity index (χ2v) is 4.62. The fraction of sp³-hybridized carbons (Fsp3) is 0.769. The molecule has 0 rings (SSSR count). The van der Waals surface area contributed by atoms with Gasteiger partial charge in [-0.15, -0.1) is 0 Å². The Morgan fingerprint density at radius 1 is 1.00 bits per heavy atom. The number of hydrogen-bond acceptors (Lipinski definition) is 7. The summed E-state index contributed by atoms with van der Waals surface area (Å²) in [5.41, 5.74) is 0. The number of rotatable bonds is 9. The van der Waals surface area contributed by atoms with Crippen LogP contribution in [0.2, 0.25) is 0 Å². The third-order valence-electron chi connectivity index (χ3n) is 2.22. The van der Waals surface area contributed by atoms with Crippen molar-refractivity contribution in [2.45, 2.75) is 32.8 Å². The molecule has 0 unspecified atom stereocenters. The standard InChI is InChI=1S/C13H23NO6/c1-10(15)18-8-12(20-11(2)16)9-19-13(17)6-5-7-14(3)4/h12H,5-9H2,1-4H3/t12-/m1/s1. The highest BCUT2D eigenvalue weighted by Gasteiger charge is 2.16. The number of carbonyl (C=O) groups is 3. The van der Waals surface area contributed by atoms with E-state index in [2.05, 4.69) is 0 Å². The van der Waals surface area contributed by atoms with Gasteiger partial charge in [0.2, 0.25) is 0 Å². The molecule has 1 atom stereocenters. The summed E-state index contributed by atoms with van der Waals surface area (Å²) in [6.45, 7) is 3.03. The molecular formula is C13H23NO6. The lowest BCUT2D eigenvalue weighted by atomic mass is 10.3. The van der Waals surface area contributed by atoms with E-state index >= 15 is 0 Å². The molecule has 0 aliphatic carbocycles. The summed E-state index contributed by atoms with van der Waals surface area (Å²) < 4.78 is 14.6. The molecule has 0 heterocycles. The Morgan fingerprint density at radius 2 is 1.60 bits per heavy atom. The van der Waals surface area contributed by atoms with Gasteiger partial charge in [-0.1, -0.05) is 0 Å². The Kier molecular flexibility index (Phi) is 9.36. The SMILES string of the molecule is CC(=O)OC[C@H](COC(=O)CCCN(C)C)OC(C)=O. The van der Waals surface area contributed by atoms with E-state index in [4.69, 9.17) is 14.2 Å². The van der Waals surface area contributed by atoms with Crippen molar-refractivity contribution < 1.29 is 28.6 Å². The highest BCUT2D eigenvalue weighted by atomic mass is 16.6. The summed E-state index contributed by atoms with van der Waals surface area (Å²) in [5.74, 6) is -1.38. The van der Waals surface area contributed by atoms with Crippen LogP contribution >= 0.6 is 0 Å². The molecule has 0 aromatic carbocycles. The summed E-state index contributed by atoms with van der Waals surface area (Å²) in [6.07, 6.45) is 0.209. The van der Waals surface area contributed by atoms with Crippen LogP contribution in [-0.4, -0.2) is 62.8 Å². The summed E-state index contributed by atoms with van der Waals surface area (Å²) in [5, 5.41) is 0. The van der Waals surface area contributed by atoms with Crippen LogP contribution < -0.4 is 0 Å². The molecule has 0 bridgehead atoms. The van der Waals surface area contributed by atoms with E-state index in [0.29, 0.717) is 12.8 Å². The molecule has 116 valence electrons. The summed E-state index contributed by atoms with van der Waals surface area (Å²) in [7, 11) is 3.84. The van der Waals surface area contributed by atoms with Crippen LogP contribution in [0.25, 0.3) is 0 Å². The van der Waals surface area contributed by atoms with Crippen molar-refractivity contribution in [3.63, 3.8) is 0 Å². The van der Waals surface area contributed by atoms with E-state index in [1.54, 1.807) is 0 Å². The molecule has 0 aliphatic heterocycles. The highest BCUT2D eigenvalue weighted by molar-refractivity contribution is 5.69. The number of esters is 3. The average Bonchev–Trinajstić information content (AvgIpc) is 2.31. The Morgan fingerprint density at radius 3 is 2.10 bits per heavy atom. The van der Waals surface area contributed by atoms with Crippen molar-refractivity contribution in [1.29, 1.82) is 0 Å². The molecule has 0 fully saturated rings. The number of carbonyl (C=O) groups excluding carboxylic acids is 3. The maximum absolute atomic E-state index is 11.5.